The van der Waals surface area contributed by atoms with Crippen LogP contribution in [0.2, 0.25) is 0 Å². The molecule has 4 rings (SSSR count). The molecule has 34 heavy (non-hydrogen) atoms. The number of ether oxygens (including phenoxy) is 3. The Morgan fingerprint density at radius 2 is 1.65 bits per heavy atom. The summed E-state index contributed by atoms with van der Waals surface area (Å²) < 4.78 is 17.5. The van der Waals surface area contributed by atoms with Crippen LogP contribution < -0.4 is 14.4 Å². The van der Waals surface area contributed by atoms with Crippen LogP contribution in [-0.2, 0) is 22.5 Å². The van der Waals surface area contributed by atoms with Gasteiger partial charge in [-0.25, -0.2) is 0 Å². The Bertz CT molecular complexity index is 1200. The summed E-state index contributed by atoms with van der Waals surface area (Å²) in [5.74, 6) is 0.979. The van der Waals surface area contributed by atoms with Crippen LogP contribution in [0.1, 0.15) is 55.6 Å². The van der Waals surface area contributed by atoms with Crippen molar-refractivity contribution in [3.8, 4) is 11.5 Å². The van der Waals surface area contributed by atoms with Crippen molar-refractivity contribution in [1.29, 1.82) is 0 Å². The number of nitrogens with zero attached hydrogens (tertiary/aromatic N) is 1. The largest absolute Gasteiger partial charge is 0.493 e. The molecule has 0 aliphatic carbocycles. The molecule has 1 aliphatic heterocycles. The van der Waals surface area contributed by atoms with Crippen molar-refractivity contribution < 1.29 is 23.8 Å². The van der Waals surface area contributed by atoms with E-state index in [1.807, 2.05) is 62.4 Å². The highest BCUT2D eigenvalue weighted by Crippen LogP contribution is 2.46. The van der Waals surface area contributed by atoms with Gasteiger partial charge in [-0.15, -0.1) is 0 Å². The molecule has 0 fully saturated rings. The molecule has 1 atom stereocenters. The highest BCUT2D eigenvalue weighted by molar-refractivity contribution is 6.16. The molecule has 1 amide bonds. The molecule has 0 radical (unpaired) electrons. The molecule has 0 saturated carbocycles. The molecular formula is C28H31NO5. The minimum absolute atomic E-state index is 0.0329. The number of hydrogen-bond donors (Lipinski definition) is 0. The summed E-state index contributed by atoms with van der Waals surface area (Å²) in [6.07, 6.45) is 1.00. The Morgan fingerprint density at radius 3 is 2.26 bits per heavy atom. The van der Waals surface area contributed by atoms with Crippen molar-refractivity contribution in [2.75, 3.05) is 18.1 Å². The first-order valence-corrected chi connectivity index (χ1v) is 11.9. The monoisotopic (exact) mass is 461 g/mol. The van der Waals surface area contributed by atoms with Gasteiger partial charge in [-0.1, -0.05) is 43.3 Å². The lowest BCUT2D eigenvalue weighted by atomic mass is 9.99. The van der Waals surface area contributed by atoms with Gasteiger partial charge in [-0.3, -0.25) is 9.59 Å². The van der Waals surface area contributed by atoms with Crippen molar-refractivity contribution in [2.45, 2.75) is 53.2 Å². The number of esters is 1. The molecule has 0 N–H and O–H groups in total. The number of hydrogen-bond acceptors (Lipinski definition) is 5. The topological polar surface area (TPSA) is 65.1 Å². The summed E-state index contributed by atoms with van der Waals surface area (Å²) in [6, 6.07) is 15.4. The second-order valence-corrected chi connectivity index (χ2v) is 8.37. The van der Waals surface area contributed by atoms with Gasteiger partial charge in [0.05, 0.1) is 37.8 Å². The number of anilines is 1. The van der Waals surface area contributed by atoms with Gasteiger partial charge in [0.25, 0.3) is 5.91 Å². The van der Waals surface area contributed by atoms with Gasteiger partial charge in [0.15, 0.2) is 0 Å². The molecular weight excluding hydrogens is 430 g/mol. The van der Waals surface area contributed by atoms with E-state index < -0.39 is 0 Å². The second-order valence-electron chi connectivity index (χ2n) is 8.37. The van der Waals surface area contributed by atoms with E-state index >= 15 is 0 Å². The van der Waals surface area contributed by atoms with E-state index in [1.165, 1.54) is 0 Å². The lowest BCUT2D eigenvalue weighted by Gasteiger charge is -2.20. The molecule has 0 bridgehead atoms. The third kappa shape index (κ3) is 4.45. The SMILES string of the molecule is CCOC(=O)Cc1ccc(N2Cc3c(c(OC(C)CC)c4ccccc4c3OCC)C2=O)cc1. The maximum Gasteiger partial charge on any atom is 0.310 e. The molecule has 3 aromatic carbocycles. The van der Waals surface area contributed by atoms with E-state index in [4.69, 9.17) is 14.2 Å². The predicted molar refractivity (Wildman–Crippen MR) is 133 cm³/mol. The average molecular weight is 462 g/mol. The summed E-state index contributed by atoms with van der Waals surface area (Å²) in [6.45, 7) is 9.05. The Kier molecular flexibility index (Phi) is 7.06. The van der Waals surface area contributed by atoms with E-state index in [-0.39, 0.29) is 24.4 Å². The van der Waals surface area contributed by atoms with E-state index in [0.717, 1.165) is 39.8 Å². The summed E-state index contributed by atoms with van der Waals surface area (Å²) in [4.78, 5) is 27.3. The number of amides is 1. The van der Waals surface area contributed by atoms with Gasteiger partial charge in [0, 0.05) is 22.0 Å². The molecule has 178 valence electrons. The molecule has 0 spiro atoms. The average Bonchev–Trinajstić information content (AvgIpc) is 3.18. The molecule has 1 unspecified atom stereocenters. The lowest BCUT2D eigenvalue weighted by molar-refractivity contribution is -0.142. The molecule has 0 aromatic heterocycles. The zero-order valence-electron chi connectivity index (χ0n) is 20.2. The first kappa shape index (κ1) is 23.6. The summed E-state index contributed by atoms with van der Waals surface area (Å²) >= 11 is 0. The van der Waals surface area contributed by atoms with Crippen LogP contribution in [0.5, 0.6) is 11.5 Å². The standard InChI is InChI=1S/C28H31NO5/c1-5-18(4)34-27-22-11-9-8-10-21(22)26(33-7-3)23-17-29(28(31)25(23)27)20-14-12-19(13-15-20)16-24(30)32-6-2/h8-15,18H,5-7,16-17H2,1-4H3. The van der Waals surface area contributed by atoms with Gasteiger partial charge in [0.2, 0.25) is 0 Å². The number of carbonyl (C=O) groups excluding carboxylic acids is 2. The van der Waals surface area contributed by atoms with Gasteiger partial charge >= 0.3 is 5.97 Å². The maximum atomic E-state index is 13.8. The second kappa shape index (κ2) is 10.2. The first-order chi connectivity index (χ1) is 16.5. The Labute approximate surface area is 200 Å². The molecule has 6 nitrogen and oxygen atoms in total. The molecule has 6 heteroatoms. The molecule has 1 aliphatic rings. The van der Waals surface area contributed by atoms with Crippen molar-refractivity contribution in [3.05, 3.63) is 65.2 Å². The zero-order chi connectivity index (χ0) is 24.2. The Hall–Kier alpha value is -3.54. The summed E-state index contributed by atoms with van der Waals surface area (Å²) in [5.41, 5.74) is 3.01. The quantitative estimate of drug-likeness (QED) is 0.384. The fourth-order valence-corrected chi connectivity index (χ4v) is 4.27. The van der Waals surface area contributed by atoms with E-state index in [9.17, 15) is 9.59 Å². The molecule has 1 heterocycles. The van der Waals surface area contributed by atoms with Crippen molar-refractivity contribution in [2.24, 2.45) is 0 Å². The molecule has 3 aromatic rings. The van der Waals surface area contributed by atoms with E-state index in [0.29, 0.717) is 31.1 Å². The Morgan fingerprint density at radius 1 is 0.971 bits per heavy atom. The minimum Gasteiger partial charge on any atom is -0.493 e. The normalized spacial score (nSPS) is 13.6. The smallest absolute Gasteiger partial charge is 0.310 e. The van der Waals surface area contributed by atoms with Crippen LogP contribution in [0, 0.1) is 0 Å². The van der Waals surface area contributed by atoms with E-state index in [1.54, 1.807) is 11.8 Å². The minimum atomic E-state index is -0.264. The number of fused-ring (bicyclic) bond motifs is 2. The maximum absolute atomic E-state index is 13.8. The van der Waals surface area contributed by atoms with Crippen molar-refractivity contribution in [1.82, 2.24) is 0 Å². The third-order valence-electron chi connectivity index (χ3n) is 6.08. The van der Waals surface area contributed by atoms with Crippen LogP contribution in [-0.4, -0.2) is 31.2 Å². The summed E-state index contributed by atoms with van der Waals surface area (Å²) in [5, 5.41) is 1.82. The predicted octanol–water partition coefficient (Wildman–Crippen LogP) is 5.68. The van der Waals surface area contributed by atoms with Crippen molar-refractivity contribution >= 4 is 28.3 Å². The number of carbonyl (C=O) groups is 2. The zero-order valence-corrected chi connectivity index (χ0v) is 20.2. The highest BCUT2D eigenvalue weighted by atomic mass is 16.5. The van der Waals surface area contributed by atoms with Gasteiger partial charge in [-0.05, 0) is 44.9 Å². The third-order valence-corrected chi connectivity index (χ3v) is 6.08. The number of rotatable bonds is 9. The van der Waals surface area contributed by atoms with Crippen LogP contribution >= 0.6 is 0 Å². The lowest BCUT2D eigenvalue weighted by Crippen LogP contribution is -2.23. The molecule has 0 saturated heterocycles. The van der Waals surface area contributed by atoms with Crippen LogP contribution in [0.25, 0.3) is 10.8 Å². The summed E-state index contributed by atoms with van der Waals surface area (Å²) in [7, 11) is 0. The van der Waals surface area contributed by atoms with Crippen LogP contribution in [0.3, 0.4) is 0 Å². The van der Waals surface area contributed by atoms with E-state index in [2.05, 4.69) is 6.92 Å². The van der Waals surface area contributed by atoms with Crippen LogP contribution in [0.15, 0.2) is 48.5 Å². The van der Waals surface area contributed by atoms with Crippen molar-refractivity contribution in [3.63, 3.8) is 0 Å². The first-order valence-electron chi connectivity index (χ1n) is 11.9. The van der Waals surface area contributed by atoms with Gasteiger partial charge < -0.3 is 19.1 Å². The Balaban J connectivity index is 1.76. The fourth-order valence-electron chi connectivity index (χ4n) is 4.27. The van der Waals surface area contributed by atoms with Crippen LogP contribution in [0.4, 0.5) is 5.69 Å². The van der Waals surface area contributed by atoms with Gasteiger partial charge in [0.1, 0.15) is 11.5 Å². The highest BCUT2D eigenvalue weighted by Gasteiger charge is 2.37. The van der Waals surface area contributed by atoms with Gasteiger partial charge in [-0.2, -0.15) is 0 Å². The fraction of sp³-hybridized carbons (Fsp3) is 0.357. The number of benzene rings is 3.